The first-order valence-corrected chi connectivity index (χ1v) is 10.4. The first-order valence-electron chi connectivity index (χ1n) is 10.4. The largest absolute Gasteiger partial charge is 0.444 e. The Hall–Kier alpha value is -3.02. The van der Waals surface area contributed by atoms with Crippen LogP contribution in [0.3, 0.4) is 0 Å². The maximum absolute atomic E-state index is 12.9. The Kier molecular flexibility index (Phi) is 6.65. The third-order valence-corrected chi connectivity index (χ3v) is 5.18. The molecule has 2 amide bonds. The molecule has 160 valence electrons. The molecule has 0 unspecified atom stereocenters. The molecule has 0 bridgehead atoms. The SMILES string of the molecule is CN(c1ccccc1)c1ccccc1NC(=O)C1CCN(C(=O)OC(C)(C)C)CC1. The molecule has 1 saturated heterocycles. The van der Waals surface area contributed by atoms with Gasteiger partial charge in [0.2, 0.25) is 5.91 Å². The fourth-order valence-corrected chi connectivity index (χ4v) is 3.55. The molecule has 0 spiro atoms. The van der Waals surface area contributed by atoms with Gasteiger partial charge in [-0.1, -0.05) is 30.3 Å². The van der Waals surface area contributed by atoms with Crippen LogP contribution < -0.4 is 10.2 Å². The van der Waals surface area contributed by atoms with Crippen molar-refractivity contribution in [2.24, 2.45) is 5.92 Å². The molecule has 0 atom stereocenters. The summed E-state index contributed by atoms with van der Waals surface area (Å²) in [6.07, 6.45) is 0.944. The van der Waals surface area contributed by atoms with Gasteiger partial charge >= 0.3 is 6.09 Å². The fraction of sp³-hybridized carbons (Fsp3) is 0.417. The van der Waals surface area contributed by atoms with E-state index < -0.39 is 5.60 Å². The molecular formula is C24H31N3O3. The van der Waals surface area contributed by atoms with Crippen LogP contribution in [0.15, 0.2) is 54.6 Å². The van der Waals surface area contributed by atoms with Gasteiger partial charge in [-0.3, -0.25) is 4.79 Å². The third kappa shape index (κ3) is 5.53. The second-order valence-electron chi connectivity index (χ2n) is 8.64. The molecule has 1 aliphatic heterocycles. The Bertz CT molecular complexity index is 869. The minimum Gasteiger partial charge on any atom is -0.444 e. The van der Waals surface area contributed by atoms with Gasteiger partial charge in [-0.2, -0.15) is 0 Å². The van der Waals surface area contributed by atoms with Gasteiger partial charge in [-0.15, -0.1) is 0 Å². The second-order valence-corrected chi connectivity index (χ2v) is 8.64. The third-order valence-electron chi connectivity index (χ3n) is 5.18. The average molecular weight is 410 g/mol. The van der Waals surface area contributed by atoms with Crippen molar-refractivity contribution in [2.45, 2.75) is 39.2 Å². The predicted molar refractivity (Wildman–Crippen MR) is 120 cm³/mol. The molecular weight excluding hydrogens is 378 g/mol. The summed E-state index contributed by atoms with van der Waals surface area (Å²) in [7, 11) is 1.99. The number of hydrogen-bond donors (Lipinski definition) is 1. The normalized spacial score (nSPS) is 14.9. The first kappa shape index (κ1) is 21.7. The topological polar surface area (TPSA) is 61.9 Å². The lowest BCUT2D eigenvalue weighted by molar-refractivity contribution is -0.121. The predicted octanol–water partition coefficient (Wildman–Crippen LogP) is 5.04. The molecule has 6 nitrogen and oxygen atoms in total. The summed E-state index contributed by atoms with van der Waals surface area (Å²) in [6, 6.07) is 17.8. The van der Waals surface area contributed by atoms with E-state index in [4.69, 9.17) is 4.74 Å². The van der Waals surface area contributed by atoms with Crippen LogP contribution in [0.2, 0.25) is 0 Å². The van der Waals surface area contributed by atoms with Gasteiger partial charge in [0, 0.05) is 31.7 Å². The van der Waals surface area contributed by atoms with Crippen molar-refractivity contribution in [3.8, 4) is 0 Å². The molecule has 0 saturated carbocycles. The van der Waals surface area contributed by atoms with E-state index in [0.29, 0.717) is 25.9 Å². The Balaban J connectivity index is 1.62. The number of piperidine rings is 1. The summed E-state index contributed by atoms with van der Waals surface area (Å²) in [5.41, 5.74) is 2.25. The maximum Gasteiger partial charge on any atom is 0.410 e. The summed E-state index contributed by atoms with van der Waals surface area (Å²) in [5.74, 6) is -0.133. The highest BCUT2D eigenvalue weighted by atomic mass is 16.6. The molecule has 2 aromatic carbocycles. The summed E-state index contributed by atoms with van der Waals surface area (Å²) in [5, 5.41) is 3.10. The van der Waals surface area contributed by atoms with Crippen LogP contribution in [0.25, 0.3) is 0 Å². The summed E-state index contributed by atoms with van der Waals surface area (Å²) in [4.78, 5) is 28.9. The standard InChI is InChI=1S/C24H31N3O3/c1-24(2,3)30-23(29)27-16-14-18(15-17-27)22(28)25-20-12-8-9-13-21(20)26(4)19-10-6-5-7-11-19/h5-13,18H,14-17H2,1-4H3,(H,25,28). The number of carbonyl (C=O) groups is 2. The van der Waals surface area contributed by atoms with Gasteiger partial charge in [0.15, 0.2) is 0 Å². The van der Waals surface area contributed by atoms with Crippen LogP contribution in [0.4, 0.5) is 21.9 Å². The molecule has 2 aromatic rings. The number of ether oxygens (including phenoxy) is 1. The lowest BCUT2D eigenvalue weighted by Crippen LogP contribution is -2.43. The second kappa shape index (κ2) is 9.20. The lowest BCUT2D eigenvalue weighted by atomic mass is 9.96. The zero-order valence-corrected chi connectivity index (χ0v) is 18.2. The molecule has 3 rings (SSSR count). The molecule has 6 heteroatoms. The highest BCUT2D eigenvalue weighted by Crippen LogP contribution is 2.31. The van der Waals surface area contributed by atoms with Crippen molar-refractivity contribution in [3.05, 3.63) is 54.6 Å². The molecule has 1 heterocycles. The molecule has 1 N–H and O–H groups in total. The quantitative estimate of drug-likeness (QED) is 0.768. The van der Waals surface area contributed by atoms with Gasteiger partial charge in [0.1, 0.15) is 5.60 Å². The Morgan fingerprint density at radius 3 is 2.23 bits per heavy atom. The van der Waals surface area contributed by atoms with Gasteiger partial charge in [0.05, 0.1) is 11.4 Å². The Morgan fingerprint density at radius 2 is 1.60 bits per heavy atom. The summed E-state index contributed by atoms with van der Waals surface area (Å²) >= 11 is 0. The number of nitrogens with zero attached hydrogens (tertiary/aromatic N) is 2. The van der Waals surface area contributed by atoms with E-state index >= 15 is 0 Å². The Labute approximate surface area is 178 Å². The van der Waals surface area contributed by atoms with Crippen molar-refractivity contribution < 1.29 is 14.3 Å². The van der Waals surface area contributed by atoms with E-state index in [1.54, 1.807) is 4.90 Å². The van der Waals surface area contributed by atoms with E-state index in [2.05, 4.69) is 10.2 Å². The number of nitrogens with one attached hydrogen (secondary N) is 1. The van der Waals surface area contributed by atoms with E-state index in [1.807, 2.05) is 82.4 Å². The molecule has 0 aromatic heterocycles. The number of rotatable bonds is 4. The van der Waals surface area contributed by atoms with Crippen molar-refractivity contribution in [1.29, 1.82) is 0 Å². The van der Waals surface area contributed by atoms with Crippen molar-refractivity contribution in [1.82, 2.24) is 4.90 Å². The smallest absolute Gasteiger partial charge is 0.410 e. The highest BCUT2D eigenvalue weighted by Gasteiger charge is 2.30. The van der Waals surface area contributed by atoms with Crippen molar-refractivity contribution >= 4 is 29.1 Å². The molecule has 0 aliphatic carbocycles. The number of hydrogen-bond acceptors (Lipinski definition) is 4. The number of carbonyl (C=O) groups excluding carboxylic acids is 2. The average Bonchev–Trinajstić information content (AvgIpc) is 2.73. The van der Waals surface area contributed by atoms with Crippen LogP contribution in [0, 0.1) is 5.92 Å². The molecule has 0 radical (unpaired) electrons. The number of likely N-dealkylation sites (tertiary alicyclic amines) is 1. The van der Waals surface area contributed by atoms with E-state index in [1.165, 1.54) is 0 Å². The monoisotopic (exact) mass is 409 g/mol. The van der Waals surface area contributed by atoms with Crippen LogP contribution in [0.1, 0.15) is 33.6 Å². The van der Waals surface area contributed by atoms with E-state index in [0.717, 1.165) is 17.1 Å². The van der Waals surface area contributed by atoms with Crippen LogP contribution in [-0.4, -0.2) is 42.6 Å². The van der Waals surface area contributed by atoms with Gasteiger partial charge in [-0.25, -0.2) is 4.79 Å². The fourth-order valence-electron chi connectivity index (χ4n) is 3.55. The maximum atomic E-state index is 12.9. The lowest BCUT2D eigenvalue weighted by Gasteiger charge is -2.33. The number of para-hydroxylation sites is 3. The van der Waals surface area contributed by atoms with Gasteiger partial charge < -0.3 is 19.9 Å². The number of benzene rings is 2. The zero-order valence-electron chi connectivity index (χ0n) is 18.2. The van der Waals surface area contributed by atoms with Gasteiger partial charge in [-0.05, 0) is 57.9 Å². The zero-order chi connectivity index (χ0) is 21.7. The molecule has 1 aliphatic rings. The molecule has 1 fully saturated rings. The number of anilines is 3. The van der Waals surface area contributed by atoms with Crippen molar-refractivity contribution in [3.63, 3.8) is 0 Å². The number of amides is 2. The first-order chi connectivity index (χ1) is 14.2. The Morgan fingerprint density at radius 1 is 1.00 bits per heavy atom. The molecule has 30 heavy (non-hydrogen) atoms. The summed E-state index contributed by atoms with van der Waals surface area (Å²) in [6.45, 7) is 6.62. The van der Waals surface area contributed by atoms with Crippen LogP contribution in [-0.2, 0) is 9.53 Å². The minimum absolute atomic E-state index is 0.00671. The van der Waals surface area contributed by atoms with Crippen molar-refractivity contribution in [2.75, 3.05) is 30.4 Å². The highest BCUT2D eigenvalue weighted by molar-refractivity contribution is 5.96. The minimum atomic E-state index is -0.514. The summed E-state index contributed by atoms with van der Waals surface area (Å²) < 4.78 is 5.43. The van der Waals surface area contributed by atoms with E-state index in [9.17, 15) is 9.59 Å². The van der Waals surface area contributed by atoms with E-state index in [-0.39, 0.29) is 17.9 Å². The van der Waals surface area contributed by atoms with Crippen LogP contribution in [0.5, 0.6) is 0 Å². The van der Waals surface area contributed by atoms with Gasteiger partial charge in [0.25, 0.3) is 0 Å². The van der Waals surface area contributed by atoms with Crippen LogP contribution >= 0.6 is 0 Å².